The molecule has 1 unspecified atom stereocenters. The zero-order valence-corrected chi connectivity index (χ0v) is 9.08. The van der Waals surface area contributed by atoms with Gasteiger partial charge in [-0.3, -0.25) is 4.79 Å². The quantitative estimate of drug-likeness (QED) is 0.292. The minimum absolute atomic E-state index is 0.00687. The predicted molar refractivity (Wildman–Crippen MR) is 62.1 cm³/mol. The van der Waals surface area contributed by atoms with E-state index in [0.29, 0.717) is 12.1 Å². The first-order valence-electron chi connectivity index (χ1n) is 4.98. The van der Waals surface area contributed by atoms with E-state index in [4.69, 9.17) is 11.3 Å². The lowest BCUT2D eigenvalue weighted by atomic mass is 10.1. The Balaban J connectivity index is 2.76. The summed E-state index contributed by atoms with van der Waals surface area (Å²) in [5.74, 6) is -0.611. The van der Waals surface area contributed by atoms with Gasteiger partial charge in [-0.05, 0) is 11.6 Å². The average Bonchev–Trinajstić information content (AvgIpc) is 2.30. The number of hydrogen-bond donors (Lipinski definition) is 3. The van der Waals surface area contributed by atoms with E-state index in [-0.39, 0.29) is 12.3 Å². The molecule has 0 saturated heterocycles. The fourth-order valence-corrected chi connectivity index (χ4v) is 1.40. The average molecular weight is 235 g/mol. The van der Waals surface area contributed by atoms with Gasteiger partial charge in [-0.2, -0.15) is 0 Å². The highest BCUT2D eigenvalue weighted by Gasteiger charge is 2.19. The second-order valence-corrected chi connectivity index (χ2v) is 3.30. The van der Waals surface area contributed by atoms with Crippen molar-refractivity contribution in [2.45, 2.75) is 6.04 Å². The molecule has 1 aromatic carbocycles. The highest BCUT2D eigenvalue weighted by Crippen LogP contribution is 2.23. The summed E-state index contributed by atoms with van der Waals surface area (Å²) in [7, 11) is 0. The van der Waals surface area contributed by atoms with E-state index in [1.807, 2.05) is 0 Å². The molecule has 0 aliphatic rings. The van der Waals surface area contributed by atoms with E-state index in [1.54, 1.807) is 18.2 Å². The van der Waals surface area contributed by atoms with Gasteiger partial charge >= 0.3 is 0 Å². The number of hydrogen-bond acceptors (Lipinski definition) is 4. The molecule has 7 heteroatoms. The number of para-hydroxylation sites is 1. The molecule has 0 heterocycles. The van der Waals surface area contributed by atoms with Crippen LogP contribution in [0.2, 0.25) is 0 Å². The predicted octanol–water partition coefficient (Wildman–Crippen LogP) is 0.818. The van der Waals surface area contributed by atoms with Gasteiger partial charge in [0, 0.05) is 23.6 Å². The number of phenolic OH excluding ortho intramolecular Hbond substituents is 1. The van der Waals surface area contributed by atoms with Gasteiger partial charge in [0.25, 0.3) is 0 Å². The first kappa shape index (κ1) is 12.8. The van der Waals surface area contributed by atoms with E-state index in [9.17, 15) is 9.90 Å². The zero-order valence-electron chi connectivity index (χ0n) is 9.08. The zero-order chi connectivity index (χ0) is 12.7. The lowest BCUT2D eigenvalue weighted by molar-refractivity contribution is -0.120. The van der Waals surface area contributed by atoms with Crippen molar-refractivity contribution in [1.29, 1.82) is 0 Å². The van der Waals surface area contributed by atoms with E-state index in [2.05, 4.69) is 15.3 Å². The van der Waals surface area contributed by atoms with E-state index in [0.717, 1.165) is 0 Å². The van der Waals surface area contributed by atoms with Crippen LogP contribution in [0.4, 0.5) is 0 Å². The van der Waals surface area contributed by atoms with Crippen LogP contribution in [0, 0.1) is 0 Å². The fourth-order valence-electron chi connectivity index (χ4n) is 1.40. The number of nitrogens with one attached hydrogen (secondary N) is 1. The number of phenols is 1. The van der Waals surface area contributed by atoms with Crippen LogP contribution in [0.5, 0.6) is 5.75 Å². The summed E-state index contributed by atoms with van der Waals surface area (Å²) in [4.78, 5) is 13.8. The molecule has 1 aromatic rings. The molecule has 1 rings (SSSR count). The molecule has 90 valence electrons. The summed E-state index contributed by atoms with van der Waals surface area (Å²) in [5.41, 5.74) is 13.7. The molecule has 7 nitrogen and oxygen atoms in total. The van der Waals surface area contributed by atoms with Crippen LogP contribution in [-0.4, -0.2) is 24.1 Å². The summed E-state index contributed by atoms with van der Waals surface area (Å²) in [5, 5.41) is 15.7. The standard InChI is InChI=1S/C10H13N5O2/c11-10(17)9(13-5-6-14-15-12)7-3-1-2-4-8(7)16/h1-4,9,13,16H,5-6H2,(H2,11,17). The highest BCUT2D eigenvalue weighted by atomic mass is 16.3. The number of nitrogens with zero attached hydrogens (tertiary/aromatic N) is 3. The Morgan fingerprint density at radius 2 is 2.29 bits per heavy atom. The number of aromatic hydroxyl groups is 1. The van der Waals surface area contributed by atoms with Crippen LogP contribution >= 0.6 is 0 Å². The van der Waals surface area contributed by atoms with Crippen LogP contribution in [0.15, 0.2) is 29.4 Å². The van der Waals surface area contributed by atoms with Crippen molar-refractivity contribution < 1.29 is 9.90 Å². The molecule has 1 atom stereocenters. The number of carbonyl (C=O) groups is 1. The van der Waals surface area contributed by atoms with Crippen LogP contribution in [-0.2, 0) is 4.79 Å². The van der Waals surface area contributed by atoms with E-state index >= 15 is 0 Å². The van der Waals surface area contributed by atoms with Crippen molar-refractivity contribution in [2.24, 2.45) is 10.8 Å². The van der Waals surface area contributed by atoms with Crippen LogP contribution in [0.1, 0.15) is 11.6 Å². The molecule has 4 N–H and O–H groups in total. The number of rotatable bonds is 6. The minimum Gasteiger partial charge on any atom is -0.508 e. The number of primary amides is 1. The molecular formula is C10H13N5O2. The Morgan fingerprint density at radius 1 is 1.59 bits per heavy atom. The smallest absolute Gasteiger partial charge is 0.239 e. The summed E-state index contributed by atoms with van der Waals surface area (Å²) in [6.07, 6.45) is 0. The third kappa shape index (κ3) is 3.67. The number of nitrogens with two attached hydrogens (primary N) is 1. The molecular weight excluding hydrogens is 222 g/mol. The van der Waals surface area contributed by atoms with Gasteiger partial charge in [-0.1, -0.05) is 23.3 Å². The van der Waals surface area contributed by atoms with Crippen molar-refractivity contribution in [3.8, 4) is 5.75 Å². The highest BCUT2D eigenvalue weighted by molar-refractivity contribution is 5.82. The van der Waals surface area contributed by atoms with Gasteiger partial charge in [0.2, 0.25) is 5.91 Å². The molecule has 1 amide bonds. The summed E-state index contributed by atoms with van der Waals surface area (Å²) in [6, 6.07) is 5.62. The molecule has 0 radical (unpaired) electrons. The lowest BCUT2D eigenvalue weighted by Crippen LogP contribution is -2.35. The van der Waals surface area contributed by atoms with Gasteiger partial charge in [0.05, 0.1) is 0 Å². The Kier molecular flexibility index (Phi) is 4.80. The second-order valence-electron chi connectivity index (χ2n) is 3.30. The number of amides is 1. The fraction of sp³-hybridized carbons (Fsp3) is 0.300. The SMILES string of the molecule is [N-]=[N+]=NCCNC(C(N)=O)c1ccccc1O. The second kappa shape index (κ2) is 6.37. The molecule has 0 fully saturated rings. The maximum atomic E-state index is 11.3. The topological polar surface area (TPSA) is 124 Å². The summed E-state index contributed by atoms with van der Waals surface area (Å²) in [6.45, 7) is 0.500. The van der Waals surface area contributed by atoms with Crippen molar-refractivity contribution in [1.82, 2.24) is 5.32 Å². The van der Waals surface area contributed by atoms with Crippen molar-refractivity contribution >= 4 is 5.91 Å². The van der Waals surface area contributed by atoms with Gasteiger partial charge in [-0.25, -0.2) is 0 Å². The minimum atomic E-state index is -0.801. The van der Waals surface area contributed by atoms with E-state index in [1.165, 1.54) is 6.07 Å². The van der Waals surface area contributed by atoms with Crippen LogP contribution in [0.3, 0.4) is 0 Å². The molecule has 0 aliphatic heterocycles. The molecule has 0 bridgehead atoms. The third-order valence-corrected chi connectivity index (χ3v) is 2.16. The van der Waals surface area contributed by atoms with Gasteiger partial charge in [-0.15, -0.1) is 0 Å². The Bertz CT molecular complexity index is 442. The molecule has 0 aromatic heterocycles. The van der Waals surface area contributed by atoms with Crippen LogP contribution < -0.4 is 11.1 Å². The number of azide groups is 1. The summed E-state index contributed by atoms with van der Waals surface area (Å²) < 4.78 is 0. The molecule has 0 spiro atoms. The largest absolute Gasteiger partial charge is 0.508 e. The number of carbonyl (C=O) groups excluding carboxylic acids is 1. The molecule has 17 heavy (non-hydrogen) atoms. The third-order valence-electron chi connectivity index (χ3n) is 2.16. The maximum absolute atomic E-state index is 11.3. The molecule has 0 saturated carbocycles. The Hall–Kier alpha value is -2.24. The first-order valence-corrected chi connectivity index (χ1v) is 4.98. The normalized spacial score (nSPS) is 11.5. The van der Waals surface area contributed by atoms with Crippen molar-refractivity contribution in [2.75, 3.05) is 13.1 Å². The first-order chi connectivity index (χ1) is 8.16. The lowest BCUT2D eigenvalue weighted by Gasteiger charge is -2.16. The van der Waals surface area contributed by atoms with Gasteiger partial charge in [0.15, 0.2) is 0 Å². The van der Waals surface area contributed by atoms with Crippen molar-refractivity contribution in [3.63, 3.8) is 0 Å². The van der Waals surface area contributed by atoms with Gasteiger partial charge in [0.1, 0.15) is 11.8 Å². The summed E-state index contributed by atoms with van der Waals surface area (Å²) >= 11 is 0. The maximum Gasteiger partial charge on any atom is 0.239 e. The van der Waals surface area contributed by atoms with E-state index < -0.39 is 11.9 Å². The van der Waals surface area contributed by atoms with Crippen molar-refractivity contribution in [3.05, 3.63) is 40.3 Å². The van der Waals surface area contributed by atoms with Gasteiger partial charge < -0.3 is 16.2 Å². The van der Waals surface area contributed by atoms with Crippen LogP contribution in [0.25, 0.3) is 10.4 Å². The monoisotopic (exact) mass is 235 g/mol. The number of benzene rings is 1. The Morgan fingerprint density at radius 3 is 2.88 bits per heavy atom. The molecule has 0 aliphatic carbocycles. The Labute approximate surface area is 97.9 Å².